The molecule has 0 radical (unpaired) electrons. The van der Waals surface area contributed by atoms with E-state index < -0.39 is 0 Å². The molecule has 2 N–H and O–H groups in total. The van der Waals surface area contributed by atoms with E-state index in [4.69, 9.17) is 15.2 Å². The van der Waals surface area contributed by atoms with Crippen molar-refractivity contribution in [1.82, 2.24) is 0 Å². The Labute approximate surface area is 98.7 Å². The van der Waals surface area contributed by atoms with E-state index in [-0.39, 0.29) is 0 Å². The molecular weight excluding hydrogens is 202 g/mol. The maximum atomic E-state index is 6.25. The Morgan fingerprint density at radius 1 is 1.19 bits per heavy atom. The second kappa shape index (κ2) is 5.99. The zero-order chi connectivity index (χ0) is 11.4. The summed E-state index contributed by atoms with van der Waals surface area (Å²) in [6, 6.07) is 0. The first-order valence-corrected chi connectivity index (χ1v) is 6.73. The van der Waals surface area contributed by atoms with Gasteiger partial charge in [0, 0.05) is 13.2 Å². The van der Waals surface area contributed by atoms with Crippen molar-refractivity contribution in [3.05, 3.63) is 0 Å². The molecule has 1 saturated carbocycles. The zero-order valence-corrected chi connectivity index (χ0v) is 10.4. The van der Waals surface area contributed by atoms with Crippen molar-refractivity contribution >= 4 is 0 Å². The number of ether oxygens (including phenoxy) is 2. The van der Waals surface area contributed by atoms with Gasteiger partial charge in [-0.15, -0.1) is 0 Å². The van der Waals surface area contributed by atoms with Gasteiger partial charge in [-0.2, -0.15) is 0 Å². The van der Waals surface area contributed by atoms with Gasteiger partial charge in [-0.05, 0) is 44.1 Å². The molecule has 16 heavy (non-hydrogen) atoms. The first-order chi connectivity index (χ1) is 7.79. The van der Waals surface area contributed by atoms with Crippen molar-refractivity contribution in [2.45, 2.75) is 51.2 Å². The van der Waals surface area contributed by atoms with Crippen molar-refractivity contribution in [2.75, 3.05) is 19.8 Å². The highest BCUT2D eigenvalue weighted by Gasteiger charge is 2.30. The molecule has 3 unspecified atom stereocenters. The van der Waals surface area contributed by atoms with E-state index in [9.17, 15) is 0 Å². The SMILES string of the molecule is CC1CCC(CN)C(OC2CCOCC2)C1. The summed E-state index contributed by atoms with van der Waals surface area (Å²) in [5, 5.41) is 0. The molecule has 0 amide bonds. The molecule has 0 bridgehead atoms. The van der Waals surface area contributed by atoms with Gasteiger partial charge in [0.15, 0.2) is 0 Å². The van der Waals surface area contributed by atoms with Crippen LogP contribution in [0.4, 0.5) is 0 Å². The smallest absolute Gasteiger partial charge is 0.0622 e. The molecule has 2 rings (SSSR count). The Balaban J connectivity index is 1.84. The van der Waals surface area contributed by atoms with Crippen molar-refractivity contribution in [1.29, 1.82) is 0 Å². The molecule has 1 heterocycles. The lowest BCUT2D eigenvalue weighted by molar-refractivity contribution is -0.102. The van der Waals surface area contributed by atoms with Gasteiger partial charge in [-0.1, -0.05) is 13.3 Å². The minimum Gasteiger partial charge on any atom is -0.381 e. The minimum atomic E-state index is 0.400. The lowest BCUT2D eigenvalue weighted by atomic mass is 9.80. The third-order valence-corrected chi connectivity index (χ3v) is 4.03. The normalized spacial score (nSPS) is 37.5. The predicted molar refractivity (Wildman–Crippen MR) is 64.3 cm³/mol. The molecule has 1 aliphatic carbocycles. The molecule has 1 saturated heterocycles. The van der Waals surface area contributed by atoms with Crippen LogP contribution in [-0.2, 0) is 9.47 Å². The Hall–Kier alpha value is -0.120. The highest BCUT2D eigenvalue weighted by molar-refractivity contribution is 4.81. The zero-order valence-electron chi connectivity index (χ0n) is 10.4. The first kappa shape index (κ1) is 12.3. The van der Waals surface area contributed by atoms with Gasteiger partial charge in [0.2, 0.25) is 0 Å². The quantitative estimate of drug-likeness (QED) is 0.801. The fraction of sp³-hybridized carbons (Fsp3) is 1.00. The van der Waals surface area contributed by atoms with Crippen LogP contribution in [0.5, 0.6) is 0 Å². The summed E-state index contributed by atoms with van der Waals surface area (Å²) in [6.45, 7) is 4.83. The maximum absolute atomic E-state index is 6.25. The monoisotopic (exact) mass is 227 g/mol. The highest BCUT2D eigenvalue weighted by atomic mass is 16.5. The van der Waals surface area contributed by atoms with Crippen LogP contribution in [0.3, 0.4) is 0 Å². The summed E-state index contributed by atoms with van der Waals surface area (Å²) in [7, 11) is 0. The molecule has 0 aromatic carbocycles. The standard InChI is InChI=1S/C13H25NO2/c1-10-2-3-11(9-14)13(8-10)16-12-4-6-15-7-5-12/h10-13H,2-9,14H2,1H3. The molecule has 2 fully saturated rings. The van der Waals surface area contributed by atoms with Crippen LogP contribution in [0.15, 0.2) is 0 Å². The fourth-order valence-corrected chi connectivity index (χ4v) is 2.89. The van der Waals surface area contributed by atoms with Crippen LogP contribution in [0, 0.1) is 11.8 Å². The van der Waals surface area contributed by atoms with Crippen molar-refractivity contribution < 1.29 is 9.47 Å². The predicted octanol–water partition coefficient (Wildman–Crippen LogP) is 1.95. The van der Waals surface area contributed by atoms with Gasteiger partial charge in [0.1, 0.15) is 0 Å². The molecule has 2 aliphatic rings. The van der Waals surface area contributed by atoms with Gasteiger partial charge in [-0.3, -0.25) is 0 Å². The topological polar surface area (TPSA) is 44.5 Å². The second-order valence-electron chi connectivity index (χ2n) is 5.40. The Morgan fingerprint density at radius 3 is 2.62 bits per heavy atom. The largest absolute Gasteiger partial charge is 0.381 e. The molecule has 3 atom stereocenters. The third-order valence-electron chi connectivity index (χ3n) is 4.03. The summed E-state index contributed by atoms with van der Waals surface area (Å²) in [4.78, 5) is 0. The van der Waals surface area contributed by atoms with Crippen LogP contribution in [0.2, 0.25) is 0 Å². The van der Waals surface area contributed by atoms with E-state index in [1.54, 1.807) is 0 Å². The second-order valence-corrected chi connectivity index (χ2v) is 5.40. The molecule has 3 heteroatoms. The summed E-state index contributed by atoms with van der Waals surface area (Å²) in [5.74, 6) is 1.38. The van der Waals surface area contributed by atoms with Crippen LogP contribution in [-0.4, -0.2) is 32.0 Å². The van der Waals surface area contributed by atoms with Crippen molar-refractivity contribution in [3.63, 3.8) is 0 Å². The van der Waals surface area contributed by atoms with Crippen molar-refractivity contribution in [3.8, 4) is 0 Å². The van der Waals surface area contributed by atoms with E-state index in [0.29, 0.717) is 18.1 Å². The average molecular weight is 227 g/mol. The van der Waals surface area contributed by atoms with Gasteiger partial charge < -0.3 is 15.2 Å². The molecule has 94 valence electrons. The van der Waals surface area contributed by atoms with Crippen LogP contribution in [0.25, 0.3) is 0 Å². The van der Waals surface area contributed by atoms with Crippen molar-refractivity contribution in [2.24, 2.45) is 17.6 Å². The number of nitrogens with two attached hydrogens (primary N) is 1. The molecule has 0 spiro atoms. The number of hydrogen-bond donors (Lipinski definition) is 1. The highest BCUT2D eigenvalue weighted by Crippen LogP contribution is 2.32. The van der Waals surface area contributed by atoms with E-state index in [2.05, 4.69) is 6.92 Å². The van der Waals surface area contributed by atoms with Crippen LogP contribution >= 0.6 is 0 Å². The van der Waals surface area contributed by atoms with Gasteiger partial charge >= 0.3 is 0 Å². The lowest BCUT2D eigenvalue weighted by Crippen LogP contribution is -2.39. The minimum absolute atomic E-state index is 0.400. The Morgan fingerprint density at radius 2 is 1.94 bits per heavy atom. The Kier molecular flexibility index (Phi) is 4.62. The first-order valence-electron chi connectivity index (χ1n) is 6.73. The molecule has 0 aromatic heterocycles. The molecule has 0 aromatic rings. The van der Waals surface area contributed by atoms with Crippen LogP contribution in [0.1, 0.15) is 39.0 Å². The third kappa shape index (κ3) is 3.19. The van der Waals surface area contributed by atoms with E-state index in [1.807, 2.05) is 0 Å². The van der Waals surface area contributed by atoms with Gasteiger partial charge in [-0.25, -0.2) is 0 Å². The molecule has 3 nitrogen and oxygen atoms in total. The van der Waals surface area contributed by atoms with E-state index >= 15 is 0 Å². The summed E-state index contributed by atoms with van der Waals surface area (Å²) < 4.78 is 11.6. The summed E-state index contributed by atoms with van der Waals surface area (Å²) in [5.41, 5.74) is 5.84. The van der Waals surface area contributed by atoms with Gasteiger partial charge in [0.05, 0.1) is 12.2 Å². The van der Waals surface area contributed by atoms with Gasteiger partial charge in [0.25, 0.3) is 0 Å². The maximum Gasteiger partial charge on any atom is 0.0622 e. The van der Waals surface area contributed by atoms with Crippen LogP contribution < -0.4 is 5.73 Å². The summed E-state index contributed by atoms with van der Waals surface area (Å²) >= 11 is 0. The number of hydrogen-bond acceptors (Lipinski definition) is 3. The fourth-order valence-electron chi connectivity index (χ4n) is 2.89. The van der Waals surface area contributed by atoms with E-state index in [1.165, 1.54) is 19.3 Å². The van der Waals surface area contributed by atoms with E-state index in [0.717, 1.165) is 38.5 Å². The molecule has 1 aliphatic heterocycles. The molecular formula is C13H25NO2. The average Bonchev–Trinajstić information content (AvgIpc) is 2.31. The Bertz CT molecular complexity index is 204. The summed E-state index contributed by atoms with van der Waals surface area (Å²) in [6.07, 6.45) is 6.68. The number of rotatable bonds is 3. The lowest BCUT2D eigenvalue weighted by Gasteiger charge is -2.37.